The smallest absolute Gasteiger partial charge is 0.120 e. The fourth-order valence-corrected chi connectivity index (χ4v) is 1.13. The molecule has 0 fully saturated rings. The third-order valence-electron chi connectivity index (χ3n) is 1.51. The molecule has 1 aromatic carbocycles. The molecule has 0 amide bonds. The third-order valence-corrected chi connectivity index (χ3v) is 2.07. The number of nitriles is 1. The van der Waals surface area contributed by atoms with Gasteiger partial charge in [-0.1, -0.05) is 22.0 Å². The second-order valence-corrected chi connectivity index (χ2v) is 3.32. The highest BCUT2D eigenvalue weighted by Gasteiger charge is 1.94. The Kier molecular flexibility index (Phi) is 4.34. The molecule has 3 heteroatoms. The first-order valence-electron chi connectivity index (χ1n) is 4.06. The van der Waals surface area contributed by atoms with Gasteiger partial charge in [-0.25, -0.2) is 0 Å². The molecule has 0 unspecified atom stereocenters. The van der Waals surface area contributed by atoms with Gasteiger partial charge in [-0.05, 0) is 24.6 Å². The molecule has 1 aromatic rings. The first kappa shape index (κ1) is 10.1. The van der Waals surface area contributed by atoms with Crippen LogP contribution in [0.2, 0.25) is 0 Å². The molecule has 0 N–H and O–H groups in total. The fraction of sp³-hybridized carbons (Fsp3) is 0.300. The van der Waals surface area contributed by atoms with E-state index in [4.69, 9.17) is 10.00 Å². The van der Waals surface area contributed by atoms with Gasteiger partial charge in [0.1, 0.15) is 5.75 Å². The summed E-state index contributed by atoms with van der Waals surface area (Å²) in [6, 6.07) is 9.25. The predicted octanol–water partition coefficient (Wildman–Crippen LogP) is 2.72. The molecule has 0 bridgehead atoms. The van der Waals surface area contributed by atoms with Crippen LogP contribution in [0.1, 0.15) is 12.0 Å². The van der Waals surface area contributed by atoms with Gasteiger partial charge in [-0.2, -0.15) is 5.26 Å². The maximum Gasteiger partial charge on any atom is 0.120 e. The number of ether oxygens (including phenoxy) is 1. The van der Waals surface area contributed by atoms with Gasteiger partial charge in [0.2, 0.25) is 0 Å². The van der Waals surface area contributed by atoms with Crippen LogP contribution in [0.25, 0.3) is 0 Å². The first-order chi connectivity index (χ1) is 6.36. The minimum Gasteiger partial charge on any atom is -0.494 e. The maximum absolute atomic E-state index is 8.62. The van der Waals surface area contributed by atoms with Crippen molar-refractivity contribution in [3.63, 3.8) is 0 Å². The number of hydrogen-bond acceptors (Lipinski definition) is 2. The van der Waals surface area contributed by atoms with E-state index in [9.17, 15) is 0 Å². The molecule has 13 heavy (non-hydrogen) atoms. The van der Waals surface area contributed by atoms with E-state index in [0.717, 1.165) is 17.5 Å². The lowest BCUT2D eigenvalue weighted by molar-refractivity contribution is 0.319. The summed E-state index contributed by atoms with van der Waals surface area (Å²) in [6.07, 6.45) is 0.969. The van der Waals surface area contributed by atoms with E-state index < -0.39 is 0 Å². The largest absolute Gasteiger partial charge is 0.494 e. The van der Waals surface area contributed by atoms with Crippen molar-refractivity contribution < 1.29 is 4.74 Å². The summed E-state index contributed by atoms with van der Waals surface area (Å²) in [6.45, 7) is 0.681. The molecule has 0 atom stereocenters. The molecule has 0 aliphatic heterocycles. The minimum absolute atomic E-state index is 0.636. The van der Waals surface area contributed by atoms with Crippen LogP contribution in [0.3, 0.4) is 0 Å². The number of hydrogen-bond donors (Lipinski definition) is 0. The van der Waals surface area contributed by atoms with Gasteiger partial charge in [0.25, 0.3) is 0 Å². The van der Waals surface area contributed by atoms with E-state index in [1.165, 1.54) is 0 Å². The van der Waals surface area contributed by atoms with Crippen LogP contribution in [-0.4, -0.2) is 11.9 Å². The van der Waals surface area contributed by atoms with Crippen LogP contribution in [0.15, 0.2) is 24.3 Å². The van der Waals surface area contributed by atoms with Crippen LogP contribution in [-0.2, 0) is 0 Å². The summed E-state index contributed by atoms with van der Waals surface area (Å²) in [5.41, 5.74) is 0.636. The summed E-state index contributed by atoms with van der Waals surface area (Å²) in [4.78, 5) is 0. The van der Waals surface area contributed by atoms with Gasteiger partial charge in [0.15, 0.2) is 0 Å². The molecule has 0 aliphatic carbocycles. The van der Waals surface area contributed by atoms with E-state index in [2.05, 4.69) is 22.0 Å². The summed E-state index contributed by atoms with van der Waals surface area (Å²) < 4.78 is 5.41. The second kappa shape index (κ2) is 5.60. The van der Waals surface area contributed by atoms with Crippen molar-refractivity contribution in [2.24, 2.45) is 0 Å². The summed E-state index contributed by atoms with van der Waals surface area (Å²) in [5.74, 6) is 0.764. The average Bonchev–Trinajstić information content (AvgIpc) is 2.19. The molecular weight excluding hydrogens is 230 g/mol. The molecule has 0 heterocycles. The van der Waals surface area contributed by atoms with Crippen molar-refractivity contribution in [1.29, 1.82) is 5.26 Å². The van der Waals surface area contributed by atoms with Gasteiger partial charge < -0.3 is 4.74 Å². The van der Waals surface area contributed by atoms with Crippen LogP contribution >= 0.6 is 15.9 Å². The van der Waals surface area contributed by atoms with E-state index in [0.29, 0.717) is 12.2 Å². The highest BCUT2D eigenvalue weighted by atomic mass is 79.9. The molecule has 0 radical (unpaired) electrons. The highest BCUT2D eigenvalue weighted by Crippen LogP contribution is 2.12. The van der Waals surface area contributed by atoms with Gasteiger partial charge in [0, 0.05) is 5.33 Å². The van der Waals surface area contributed by atoms with Crippen LogP contribution in [0, 0.1) is 11.3 Å². The van der Waals surface area contributed by atoms with Crippen molar-refractivity contribution in [1.82, 2.24) is 0 Å². The monoisotopic (exact) mass is 239 g/mol. The minimum atomic E-state index is 0.636. The SMILES string of the molecule is N#Cc1cccc(OCCCBr)c1. The molecule has 0 aromatic heterocycles. The molecule has 0 aliphatic rings. The third kappa shape index (κ3) is 3.47. The summed E-state index contributed by atoms with van der Waals surface area (Å²) >= 11 is 3.32. The number of nitrogens with zero attached hydrogens (tertiary/aromatic N) is 1. The Bertz CT molecular complexity index is 306. The molecule has 0 saturated heterocycles. The lowest BCUT2D eigenvalue weighted by Gasteiger charge is -2.03. The van der Waals surface area contributed by atoms with Crippen molar-refractivity contribution in [2.75, 3.05) is 11.9 Å². The molecule has 2 nitrogen and oxygen atoms in total. The maximum atomic E-state index is 8.62. The Balaban J connectivity index is 2.52. The van der Waals surface area contributed by atoms with Crippen LogP contribution in [0.5, 0.6) is 5.75 Å². The Hall–Kier alpha value is -1.01. The highest BCUT2D eigenvalue weighted by molar-refractivity contribution is 9.09. The standard InChI is InChI=1S/C10H10BrNO/c11-5-2-6-13-10-4-1-3-9(7-10)8-12/h1,3-4,7H,2,5-6H2. The zero-order valence-electron chi connectivity index (χ0n) is 7.16. The van der Waals surface area contributed by atoms with Crippen LogP contribution in [0.4, 0.5) is 0 Å². The zero-order chi connectivity index (χ0) is 9.52. The number of halogens is 1. The second-order valence-electron chi connectivity index (χ2n) is 2.53. The topological polar surface area (TPSA) is 33.0 Å². The molecule has 0 saturated carbocycles. The van der Waals surface area contributed by atoms with Crippen molar-refractivity contribution in [3.8, 4) is 11.8 Å². The van der Waals surface area contributed by atoms with E-state index in [-0.39, 0.29) is 0 Å². The first-order valence-corrected chi connectivity index (χ1v) is 5.18. The molecule has 68 valence electrons. The lowest BCUT2D eigenvalue weighted by Crippen LogP contribution is -1.97. The van der Waals surface area contributed by atoms with E-state index in [1.807, 2.05) is 12.1 Å². The Labute approximate surface area is 86.3 Å². The molecular formula is C10H10BrNO. The summed E-state index contributed by atoms with van der Waals surface area (Å²) in [5, 5.41) is 9.56. The number of alkyl halides is 1. The fourth-order valence-electron chi connectivity index (χ4n) is 0.900. The predicted molar refractivity (Wildman–Crippen MR) is 55.1 cm³/mol. The Morgan fingerprint density at radius 3 is 3.00 bits per heavy atom. The Morgan fingerprint density at radius 2 is 2.31 bits per heavy atom. The van der Waals surface area contributed by atoms with Crippen molar-refractivity contribution >= 4 is 15.9 Å². The van der Waals surface area contributed by atoms with Gasteiger partial charge in [-0.3, -0.25) is 0 Å². The van der Waals surface area contributed by atoms with Gasteiger partial charge in [-0.15, -0.1) is 0 Å². The average molecular weight is 240 g/mol. The number of rotatable bonds is 4. The van der Waals surface area contributed by atoms with Crippen molar-refractivity contribution in [3.05, 3.63) is 29.8 Å². The number of benzene rings is 1. The summed E-state index contributed by atoms with van der Waals surface area (Å²) in [7, 11) is 0. The normalized spacial score (nSPS) is 9.23. The molecule has 1 rings (SSSR count). The van der Waals surface area contributed by atoms with E-state index in [1.54, 1.807) is 12.1 Å². The van der Waals surface area contributed by atoms with Gasteiger partial charge in [0.05, 0.1) is 18.2 Å². The van der Waals surface area contributed by atoms with Crippen molar-refractivity contribution in [2.45, 2.75) is 6.42 Å². The van der Waals surface area contributed by atoms with E-state index >= 15 is 0 Å². The molecule has 0 spiro atoms. The van der Waals surface area contributed by atoms with Gasteiger partial charge >= 0.3 is 0 Å². The zero-order valence-corrected chi connectivity index (χ0v) is 8.75. The quantitative estimate of drug-likeness (QED) is 0.598. The Morgan fingerprint density at radius 1 is 1.46 bits per heavy atom. The lowest BCUT2D eigenvalue weighted by atomic mass is 10.2. The van der Waals surface area contributed by atoms with Crippen LogP contribution < -0.4 is 4.74 Å².